The summed E-state index contributed by atoms with van der Waals surface area (Å²) in [7, 11) is 0. The van der Waals surface area contributed by atoms with Crippen molar-refractivity contribution in [2.45, 2.75) is 70.5 Å². The van der Waals surface area contributed by atoms with Crippen LogP contribution in [0.3, 0.4) is 0 Å². The number of ether oxygens (including phenoxy) is 2. The van der Waals surface area contributed by atoms with Gasteiger partial charge in [-0.3, -0.25) is 4.39 Å². The third-order valence-corrected chi connectivity index (χ3v) is 7.35. The molecule has 4 rings (SSSR count). The molecule has 0 amide bonds. The lowest BCUT2D eigenvalue weighted by atomic mass is 9.68. The van der Waals surface area contributed by atoms with Crippen molar-refractivity contribution in [3.63, 3.8) is 0 Å². The fraction of sp³-hybridized carbons (Fsp3) is 0.750. The van der Waals surface area contributed by atoms with E-state index in [0.717, 1.165) is 48.6 Å². The third-order valence-electron chi connectivity index (χ3n) is 7.35. The fourth-order valence-electron chi connectivity index (χ4n) is 5.53. The van der Waals surface area contributed by atoms with Crippen LogP contribution in [0.25, 0.3) is 0 Å². The van der Waals surface area contributed by atoms with Crippen LogP contribution in [0, 0.1) is 29.5 Å². The van der Waals surface area contributed by atoms with Crippen LogP contribution in [0.1, 0.15) is 81.6 Å². The summed E-state index contributed by atoms with van der Waals surface area (Å²) in [5.74, 6) is 2.42. The molecule has 0 spiro atoms. The maximum atomic E-state index is 14.9. The van der Waals surface area contributed by atoms with Crippen molar-refractivity contribution < 1.29 is 18.3 Å². The molecule has 1 aromatic carbocycles. The van der Waals surface area contributed by atoms with Crippen LogP contribution in [-0.2, 0) is 9.47 Å². The molecule has 2 aliphatic carbocycles. The van der Waals surface area contributed by atoms with E-state index in [9.17, 15) is 8.78 Å². The third kappa shape index (κ3) is 4.59. The molecular formula is C24H34F2O2. The molecule has 0 bridgehead atoms. The zero-order valence-electron chi connectivity index (χ0n) is 17.0. The lowest BCUT2D eigenvalue weighted by Gasteiger charge is -2.37. The smallest absolute Gasteiger partial charge is 0.183 e. The van der Waals surface area contributed by atoms with Crippen LogP contribution in [0.5, 0.6) is 0 Å². The minimum absolute atomic E-state index is 0.116. The second-order valence-corrected chi connectivity index (χ2v) is 9.43. The van der Waals surface area contributed by atoms with Crippen molar-refractivity contribution in [2.24, 2.45) is 23.7 Å². The molecule has 1 heterocycles. The Morgan fingerprint density at radius 3 is 2.07 bits per heavy atom. The highest BCUT2D eigenvalue weighted by Crippen LogP contribution is 2.44. The van der Waals surface area contributed by atoms with Gasteiger partial charge < -0.3 is 9.47 Å². The molecule has 0 radical (unpaired) electrons. The molecule has 0 aromatic heterocycles. The molecule has 1 aromatic rings. The Labute approximate surface area is 168 Å². The SMILES string of the molecule is CC1COC(c2ccc(C3CCC(C4CCC(CF)CC4)CC3)c(F)c2)OC1. The molecule has 3 aliphatic rings. The van der Waals surface area contributed by atoms with Gasteiger partial charge in [0.05, 0.1) is 19.9 Å². The van der Waals surface area contributed by atoms with Gasteiger partial charge in [-0.1, -0.05) is 19.1 Å². The van der Waals surface area contributed by atoms with Crippen LogP contribution in [0.4, 0.5) is 8.78 Å². The Morgan fingerprint density at radius 2 is 1.50 bits per heavy atom. The van der Waals surface area contributed by atoms with E-state index in [0.29, 0.717) is 31.0 Å². The van der Waals surface area contributed by atoms with Crippen LogP contribution >= 0.6 is 0 Å². The Kier molecular flexibility index (Phi) is 6.67. The van der Waals surface area contributed by atoms with E-state index in [4.69, 9.17) is 9.47 Å². The number of rotatable bonds is 4. The van der Waals surface area contributed by atoms with E-state index in [1.165, 1.54) is 25.7 Å². The first-order chi connectivity index (χ1) is 13.6. The van der Waals surface area contributed by atoms with Crippen molar-refractivity contribution in [3.05, 3.63) is 35.1 Å². The maximum absolute atomic E-state index is 14.9. The highest BCUT2D eigenvalue weighted by Gasteiger charge is 2.32. The van der Waals surface area contributed by atoms with Crippen molar-refractivity contribution in [1.29, 1.82) is 0 Å². The second-order valence-electron chi connectivity index (χ2n) is 9.43. The maximum Gasteiger partial charge on any atom is 0.183 e. The van der Waals surface area contributed by atoms with Crippen LogP contribution in [0.2, 0.25) is 0 Å². The largest absolute Gasteiger partial charge is 0.348 e. The lowest BCUT2D eigenvalue weighted by molar-refractivity contribution is -0.202. The Hall–Kier alpha value is -1.00. The molecule has 1 aliphatic heterocycles. The van der Waals surface area contributed by atoms with E-state index >= 15 is 0 Å². The van der Waals surface area contributed by atoms with E-state index in [1.54, 1.807) is 6.07 Å². The molecule has 4 heteroatoms. The van der Waals surface area contributed by atoms with Gasteiger partial charge >= 0.3 is 0 Å². The number of halogens is 2. The summed E-state index contributed by atoms with van der Waals surface area (Å²) in [6, 6.07) is 5.54. The van der Waals surface area contributed by atoms with Gasteiger partial charge in [0.25, 0.3) is 0 Å². The van der Waals surface area contributed by atoms with Gasteiger partial charge in [0.15, 0.2) is 6.29 Å². The van der Waals surface area contributed by atoms with Crippen molar-refractivity contribution in [3.8, 4) is 0 Å². The Morgan fingerprint density at radius 1 is 0.893 bits per heavy atom. The minimum atomic E-state index is -0.435. The lowest BCUT2D eigenvalue weighted by Crippen LogP contribution is -2.26. The Balaban J connectivity index is 1.32. The van der Waals surface area contributed by atoms with Crippen molar-refractivity contribution in [1.82, 2.24) is 0 Å². The van der Waals surface area contributed by atoms with E-state index in [-0.39, 0.29) is 12.5 Å². The van der Waals surface area contributed by atoms with Gasteiger partial charge in [0.1, 0.15) is 5.82 Å². The predicted octanol–water partition coefficient (Wildman–Crippen LogP) is 6.56. The Bertz CT molecular complexity index is 625. The normalized spacial score (nSPS) is 37.0. The second kappa shape index (κ2) is 9.21. The first-order valence-electron chi connectivity index (χ1n) is 11.2. The molecular weight excluding hydrogens is 358 g/mol. The van der Waals surface area contributed by atoms with Crippen molar-refractivity contribution >= 4 is 0 Å². The van der Waals surface area contributed by atoms with Crippen molar-refractivity contribution in [2.75, 3.05) is 19.9 Å². The van der Waals surface area contributed by atoms with Gasteiger partial charge in [-0.15, -0.1) is 0 Å². The summed E-state index contributed by atoms with van der Waals surface area (Å²) in [5, 5.41) is 0. The van der Waals surface area contributed by atoms with Gasteiger partial charge in [-0.05, 0) is 86.7 Å². The molecule has 0 N–H and O–H groups in total. The first kappa shape index (κ1) is 20.3. The standard InChI is InChI=1S/C24H34F2O2/c1-16-14-27-24(28-15-16)21-10-11-22(23(26)12-21)20-8-6-19(7-9-20)18-4-2-17(13-25)3-5-18/h10-12,16-20,24H,2-9,13-15H2,1H3. The molecule has 0 atom stereocenters. The summed E-state index contributed by atoms with van der Waals surface area (Å²) in [5.41, 5.74) is 1.64. The summed E-state index contributed by atoms with van der Waals surface area (Å²) in [6.07, 6.45) is 8.56. The zero-order valence-corrected chi connectivity index (χ0v) is 17.0. The minimum Gasteiger partial charge on any atom is -0.348 e. The summed E-state index contributed by atoms with van der Waals surface area (Å²) in [4.78, 5) is 0. The number of hydrogen-bond donors (Lipinski definition) is 0. The molecule has 156 valence electrons. The number of hydrogen-bond acceptors (Lipinski definition) is 2. The topological polar surface area (TPSA) is 18.5 Å². The van der Waals surface area contributed by atoms with E-state index in [1.807, 2.05) is 12.1 Å². The molecule has 3 fully saturated rings. The molecule has 2 nitrogen and oxygen atoms in total. The summed E-state index contributed by atoms with van der Waals surface area (Å²) in [6.45, 7) is 3.25. The van der Waals surface area contributed by atoms with Gasteiger partial charge in [-0.2, -0.15) is 0 Å². The average molecular weight is 393 g/mol. The number of alkyl halides is 1. The zero-order chi connectivity index (χ0) is 19.5. The van der Waals surface area contributed by atoms with Crippen LogP contribution in [0.15, 0.2) is 18.2 Å². The molecule has 0 unspecified atom stereocenters. The summed E-state index contributed by atoms with van der Waals surface area (Å²) >= 11 is 0. The fourth-order valence-corrected chi connectivity index (χ4v) is 5.53. The molecule has 1 saturated heterocycles. The monoisotopic (exact) mass is 392 g/mol. The first-order valence-corrected chi connectivity index (χ1v) is 11.2. The van der Waals surface area contributed by atoms with Gasteiger partial charge in [0, 0.05) is 11.5 Å². The quantitative estimate of drug-likeness (QED) is 0.578. The van der Waals surface area contributed by atoms with E-state index in [2.05, 4.69) is 6.92 Å². The van der Waals surface area contributed by atoms with E-state index < -0.39 is 6.29 Å². The molecule has 2 saturated carbocycles. The molecule has 28 heavy (non-hydrogen) atoms. The highest BCUT2D eigenvalue weighted by atomic mass is 19.1. The average Bonchev–Trinajstić information content (AvgIpc) is 2.74. The number of benzene rings is 1. The predicted molar refractivity (Wildman–Crippen MR) is 106 cm³/mol. The highest BCUT2D eigenvalue weighted by molar-refractivity contribution is 5.28. The summed E-state index contributed by atoms with van der Waals surface area (Å²) < 4.78 is 39.1. The van der Waals surface area contributed by atoms with Crippen LogP contribution in [-0.4, -0.2) is 19.9 Å². The van der Waals surface area contributed by atoms with Crippen LogP contribution < -0.4 is 0 Å². The van der Waals surface area contributed by atoms with Gasteiger partial charge in [0.2, 0.25) is 0 Å². The van der Waals surface area contributed by atoms with Gasteiger partial charge in [-0.25, -0.2) is 4.39 Å².